The molecule has 4 bridgehead atoms. The Labute approximate surface area is 423 Å². The van der Waals surface area contributed by atoms with E-state index in [2.05, 4.69) is 0 Å². The first kappa shape index (κ1) is 55.0. The van der Waals surface area contributed by atoms with Gasteiger partial charge in [-0.25, -0.2) is 0 Å². The lowest BCUT2D eigenvalue weighted by atomic mass is 9.77. The molecule has 0 aliphatic carbocycles. The van der Waals surface area contributed by atoms with Crippen LogP contribution in [0.25, 0.3) is 0 Å². The summed E-state index contributed by atoms with van der Waals surface area (Å²) in [6, 6.07) is 7.02. The number of aliphatic hydroxyl groups is 4. The van der Waals surface area contributed by atoms with Crippen molar-refractivity contribution >= 4 is 23.6 Å². The lowest BCUT2D eigenvalue weighted by Crippen LogP contribution is -2.46. The van der Waals surface area contributed by atoms with Crippen molar-refractivity contribution in [3.63, 3.8) is 0 Å². The highest BCUT2D eigenvalue weighted by atomic mass is 16.7. The molecular formula is C51H70N2O20. The molecule has 0 saturated carbocycles. The molecule has 0 spiro atoms. The van der Waals surface area contributed by atoms with E-state index in [4.69, 9.17) is 56.2 Å². The summed E-state index contributed by atoms with van der Waals surface area (Å²) in [4.78, 5) is 58.3. The van der Waals surface area contributed by atoms with Gasteiger partial charge in [-0.3, -0.25) is 29.0 Å². The first-order valence-corrected chi connectivity index (χ1v) is 24.9. The van der Waals surface area contributed by atoms with Crippen LogP contribution in [0, 0.1) is 35.0 Å². The van der Waals surface area contributed by atoms with Gasteiger partial charge in [-0.05, 0) is 48.4 Å². The SMILES string of the molecule is CC(CCN1C(=O)C2C3C=CC(COCC(O)COCOCC(O)COCc4ccco4)(O3)C2C1=O)CC(C)(C)CN1C(=O)C2C3C=CC(COCC(O)COCOCC(O)COCc4ccco4)(O3)C2C1=O. The Balaban J connectivity index is 0.713. The molecule has 4 N–H and O–H groups in total. The van der Waals surface area contributed by atoms with Crippen LogP contribution in [0.15, 0.2) is 69.9 Å². The van der Waals surface area contributed by atoms with Crippen molar-refractivity contribution in [2.24, 2.45) is 35.0 Å². The number of fused-ring (bicyclic) bond motifs is 10. The summed E-state index contributed by atoms with van der Waals surface area (Å²) in [6.45, 7) is 5.89. The summed E-state index contributed by atoms with van der Waals surface area (Å²) >= 11 is 0. The van der Waals surface area contributed by atoms with Gasteiger partial charge in [0.05, 0.1) is 114 Å². The maximum Gasteiger partial charge on any atom is 0.236 e. The predicted molar refractivity (Wildman–Crippen MR) is 249 cm³/mol. The van der Waals surface area contributed by atoms with E-state index < -0.39 is 76.9 Å². The van der Waals surface area contributed by atoms with Gasteiger partial charge in [0, 0.05) is 13.1 Å². The van der Waals surface area contributed by atoms with E-state index in [1.165, 1.54) is 22.3 Å². The van der Waals surface area contributed by atoms with Crippen molar-refractivity contribution in [3.8, 4) is 0 Å². The van der Waals surface area contributed by atoms with Gasteiger partial charge in [-0.1, -0.05) is 45.1 Å². The zero-order valence-electron chi connectivity index (χ0n) is 41.6. The fourth-order valence-corrected chi connectivity index (χ4v) is 10.9. The minimum absolute atomic E-state index is 0.00472. The van der Waals surface area contributed by atoms with Crippen molar-refractivity contribution < 1.29 is 95.8 Å². The molecule has 13 unspecified atom stereocenters. The fraction of sp³-hybridized carbons (Fsp3) is 0.686. The van der Waals surface area contributed by atoms with Crippen molar-refractivity contribution in [1.82, 2.24) is 9.80 Å². The zero-order chi connectivity index (χ0) is 51.8. The molecule has 8 rings (SSSR count). The molecule has 0 aromatic carbocycles. The normalized spacial score (nSPS) is 29.0. The molecule has 404 valence electrons. The molecule has 2 aromatic rings. The summed E-state index contributed by atoms with van der Waals surface area (Å²) in [5.74, 6) is -2.91. The van der Waals surface area contributed by atoms with E-state index >= 15 is 0 Å². The van der Waals surface area contributed by atoms with Gasteiger partial charge in [0.1, 0.15) is 73.9 Å². The molecule has 6 aliphatic rings. The second kappa shape index (κ2) is 24.6. The van der Waals surface area contributed by atoms with Crippen molar-refractivity contribution in [3.05, 3.63) is 72.6 Å². The highest BCUT2D eigenvalue weighted by molar-refractivity contribution is 6.08. The molecule has 8 heterocycles. The second-order valence-electron chi connectivity index (χ2n) is 20.7. The molecule has 73 heavy (non-hydrogen) atoms. The highest BCUT2D eigenvalue weighted by Crippen LogP contribution is 2.54. The maximum atomic E-state index is 14.1. The molecule has 2 aromatic heterocycles. The number of imide groups is 2. The first-order chi connectivity index (χ1) is 35.1. The van der Waals surface area contributed by atoms with E-state index in [1.807, 2.05) is 20.8 Å². The third-order valence-electron chi connectivity index (χ3n) is 13.9. The quantitative estimate of drug-likeness (QED) is 0.0326. The Bertz CT molecular complexity index is 2180. The van der Waals surface area contributed by atoms with Gasteiger partial charge >= 0.3 is 0 Å². The Morgan fingerprint density at radius 1 is 0.589 bits per heavy atom. The largest absolute Gasteiger partial charge is 0.467 e. The van der Waals surface area contributed by atoms with Crippen LogP contribution in [-0.4, -0.2) is 194 Å². The monoisotopic (exact) mass is 1030 g/mol. The van der Waals surface area contributed by atoms with E-state index in [0.29, 0.717) is 24.4 Å². The Hall–Kier alpha value is -4.24. The number of nitrogens with zero attached hydrogens (tertiary/aromatic N) is 2. The van der Waals surface area contributed by atoms with Crippen molar-refractivity contribution in [2.75, 3.05) is 92.7 Å². The summed E-state index contributed by atoms with van der Waals surface area (Å²) in [6.07, 6.45) is 6.33. The number of furan rings is 2. The molecule has 4 saturated heterocycles. The Morgan fingerprint density at radius 3 is 1.44 bits per heavy atom. The van der Waals surface area contributed by atoms with Crippen LogP contribution >= 0.6 is 0 Å². The average molecular weight is 1030 g/mol. The number of aliphatic hydroxyl groups excluding tert-OH is 4. The van der Waals surface area contributed by atoms with Gasteiger partial charge in [0.15, 0.2) is 0 Å². The van der Waals surface area contributed by atoms with Gasteiger partial charge in [-0.15, -0.1) is 0 Å². The summed E-state index contributed by atoms with van der Waals surface area (Å²) in [7, 11) is 0. The maximum absolute atomic E-state index is 14.1. The van der Waals surface area contributed by atoms with Gasteiger partial charge < -0.3 is 76.6 Å². The molecule has 4 fully saturated rings. The number of rotatable bonds is 35. The lowest BCUT2D eigenvalue weighted by Gasteiger charge is -2.34. The Kier molecular flexibility index (Phi) is 18.5. The first-order valence-electron chi connectivity index (χ1n) is 24.9. The fourth-order valence-electron chi connectivity index (χ4n) is 10.9. The predicted octanol–water partition coefficient (Wildman–Crippen LogP) is 1.12. The second-order valence-corrected chi connectivity index (χ2v) is 20.7. The number of ether oxygens (including phenoxy) is 10. The van der Waals surface area contributed by atoms with Crippen LogP contribution in [0.4, 0.5) is 0 Å². The molecule has 0 radical (unpaired) electrons. The minimum Gasteiger partial charge on any atom is -0.467 e. The number of hydrogen-bond acceptors (Lipinski definition) is 20. The number of amides is 4. The number of carbonyl (C=O) groups excluding carboxylic acids is 4. The third-order valence-corrected chi connectivity index (χ3v) is 13.9. The Morgan fingerprint density at radius 2 is 1.00 bits per heavy atom. The zero-order valence-corrected chi connectivity index (χ0v) is 41.6. The molecular weight excluding hydrogens is 961 g/mol. The van der Waals surface area contributed by atoms with Crippen LogP contribution < -0.4 is 0 Å². The van der Waals surface area contributed by atoms with Gasteiger partial charge in [0.2, 0.25) is 23.6 Å². The molecule has 13 atom stereocenters. The summed E-state index contributed by atoms with van der Waals surface area (Å²) in [5, 5.41) is 41.0. The van der Waals surface area contributed by atoms with E-state index in [0.717, 1.165) is 0 Å². The van der Waals surface area contributed by atoms with Crippen LogP contribution in [0.1, 0.15) is 45.1 Å². The van der Waals surface area contributed by atoms with E-state index in [1.54, 1.807) is 48.6 Å². The standard InChI is InChI=1S/C51H70N2O20/c1-32(10-13-52-45(58)41-39-8-11-50(72-39,43(41)47(52)60)28-64-19-35(56)23-68-30-66-21-33(54)17-62-25-37-6-4-14-70-37)16-49(2,3)27-53-46(59)42-40-9-12-51(73-40,44(42)48(53)61)29-65-20-36(57)24-69-31-67-22-34(55)18-63-26-38-7-5-15-71-38/h4-9,11-12,14-15,32-36,39-44,54-57H,10,13,16-31H2,1-3H3. The van der Waals surface area contributed by atoms with Gasteiger partial charge in [0.25, 0.3) is 0 Å². The molecule has 22 nitrogen and oxygen atoms in total. The molecule has 22 heteroatoms. The third kappa shape index (κ3) is 13.2. The summed E-state index contributed by atoms with van der Waals surface area (Å²) in [5.41, 5.74) is -2.84. The van der Waals surface area contributed by atoms with Crippen LogP contribution in [-0.2, 0) is 79.8 Å². The van der Waals surface area contributed by atoms with E-state index in [-0.39, 0.29) is 136 Å². The van der Waals surface area contributed by atoms with E-state index in [9.17, 15) is 39.6 Å². The van der Waals surface area contributed by atoms with Crippen molar-refractivity contribution in [2.45, 2.75) is 94.7 Å². The van der Waals surface area contributed by atoms with Crippen LogP contribution in [0.2, 0.25) is 0 Å². The minimum atomic E-state index is -1.16. The highest BCUT2D eigenvalue weighted by Gasteiger charge is 2.69. The van der Waals surface area contributed by atoms with Crippen molar-refractivity contribution in [1.29, 1.82) is 0 Å². The number of carbonyl (C=O) groups is 4. The van der Waals surface area contributed by atoms with Crippen LogP contribution in [0.5, 0.6) is 0 Å². The van der Waals surface area contributed by atoms with Gasteiger partial charge in [-0.2, -0.15) is 0 Å². The summed E-state index contributed by atoms with van der Waals surface area (Å²) < 4.78 is 66.6. The molecule has 4 amide bonds. The topological polar surface area (TPSA) is 274 Å². The average Bonchev–Trinajstić information content (AvgIpc) is 4.24. The smallest absolute Gasteiger partial charge is 0.236 e. The molecule has 6 aliphatic heterocycles. The lowest BCUT2D eigenvalue weighted by molar-refractivity contribution is -0.150. The number of hydrogen-bond donors (Lipinski definition) is 4. The number of likely N-dealkylation sites (tertiary alicyclic amines) is 2. The van der Waals surface area contributed by atoms with Crippen LogP contribution in [0.3, 0.4) is 0 Å².